The highest BCUT2D eigenvalue weighted by Gasteiger charge is 2.26. The van der Waals surface area contributed by atoms with Gasteiger partial charge in [0, 0.05) is 8.95 Å². The Labute approximate surface area is 200 Å². The van der Waals surface area contributed by atoms with Crippen LogP contribution in [0.25, 0.3) is 0 Å². The minimum atomic E-state index is -3.75. The lowest BCUT2D eigenvalue weighted by molar-refractivity contribution is 0.594. The number of hydrogen-bond acceptors (Lipinski definition) is 2. The van der Waals surface area contributed by atoms with Crippen molar-refractivity contribution in [3.8, 4) is 0 Å². The number of hydrogen-bond donors (Lipinski definition) is 0. The van der Waals surface area contributed by atoms with E-state index in [1.165, 1.54) is 0 Å². The Hall–Kier alpha value is -2.21. The summed E-state index contributed by atoms with van der Waals surface area (Å²) >= 11 is 7.17. The average molecular weight is 556 g/mol. The fourth-order valence-electron chi connectivity index (χ4n) is 3.64. The second-order valence-electron chi connectivity index (χ2n) is 7.26. The Bertz CT molecular complexity index is 1210. The SMILES string of the molecule is O=S(=O)(c1cccc(Br)c1Cc1ccccc1)c1cccc(Br)c1Cc1ccccc1. The van der Waals surface area contributed by atoms with Crippen LogP contribution in [0.3, 0.4) is 0 Å². The molecule has 5 heteroatoms. The van der Waals surface area contributed by atoms with Crippen molar-refractivity contribution in [1.29, 1.82) is 0 Å². The smallest absolute Gasteiger partial charge is 0.207 e. The van der Waals surface area contributed by atoms with E-state index in [9.17, 15) is 8.42 Å². The van der Waals surface area contributed by atoms with Gasteiger partial charge in [0.25, 0.3) is 0 Å². The number of sulfone groups is 1. The molecular formula is C26H20Br2O2S. The molecule has 31 heavy (non-hydrogen) atoms. The van der Waals surface area contributed by atoms with Crippen molar-refractivity contribution < 1.29 is 8.42 Å². The van der Waals surface area contributed by atoms with E-state index in [1.807, 2.05) is 72.8 Å². The third-order valence-electron chi connectivity index (χ3n) is 5.18. The van der Waals surface area contributed by atoms with E-state index in [1.54, 1.807) is 24.3 Å². The highest BCUT2D eigenvalue weighted by molar-refractivity contribution is 9.10. The molecule has 0 heterocycles. The van der Waals surface area contributed by atoms with Crippen LogP contribution in [0.2, 0.25) is 0 Å². The lowest BCUT2D eigenvalue weighted by Gasteiger charge is -2.16. The van der Waals surface area contributed by atoms with Crippen LogP contribution in [0.4, 0.5) is 0 Å². The molecule has 0 aliphatic carbocycles. The van der Waals surface area contributed by atoms with Gasteiger partial charge in [-0.1, -0.05) is 105 Å². The van der Waals surface area contributed by atoms with Crippen LogP contribution < -0.4 is 0 Å². The van der Waals surface area contributed by atoms with Crippen LogP contribution in [0.5, 0.6) is 0 Å². The molecule has 0 saturated heterocycles. The maximum atomic E-state index is 13.9. The average Bonchev–Trinajstić information content (AvgIpc) is 2.78. The van der Waals surface area contributed by atoms with Crippen molar-refractivity contribution in [3.05, 3.63) is 128 Å². The van der Waals surface area contributed by atoms with Gasteiger partial charge in [-0.2, -0.15) is 0 Å². The van der Waals surface area contributed by atoms with Gasteiger partial charge in [0.15, 0.2) is 0 Å². The van der Waals surface area contributed by atoms with Gasteiger partial charge in [0.2, 0.25) is 9.84 Å². The second-order valence-corrected chi connectivity index (χ2v) is 10.9. The summed E-state index contributed by atoms with van der Waals surface area (Å²) in [4.78, 5) is 0.663. The van der Waals surface area contributed by atoms with Gasteiger partial charge in [-0.25, -0.2) is 8.42 Å². The fraction of sp³-hybridized carbons (Fsp3) is 0.0769. The van der Waals surface area contributed by atoms with Gasteiger partial charge in [-0.3, -0.25) is 0 Å². The van der Waals surface area contributed by atoms with Crippen LogP contribution in [-0.4, -0.2) is 8.42 Å². The monoisotopic (exact) mass is 554 g/mol. The van der Waals surface area contributed by atoms with E-state index in [-0.39, 0.29) is 0 Å². The van der Waals surface area contributed by atoms with Gasteiger partial charge in [0.1, 0.15) is 0 Å². The van der Waals surface area contributed by atoms with Crippen LogP contribution >= 0.6 is 31.9 Å². The first-order valence-corrected chi connectivity index (χ1v) is 12.9. The summed E-state index contributed by atoms with van der Waals surface area (Å²) < 4.78 is 29.4. The van der Waals surface area contributed by atoms with Gasteiger partial charge >= 0.3 is 0 Å². The predicted molar refractivity (Wildman–Crippen MR) is 132 cm³/mol. The molecule has 0 bridgehead atoms. The van der Waals surface area contributed by atoms with E-state index >= 15 is 0 Å². The Kier molecular flexibility index (Phi) is 6.75. The molecule has 0 saturated carbocycles. The number of halogens is 2. The molecule has 4 rings (SSSR count). The second kappa shape index (κ2) is 9.51. The molecule has 4 aromatic rings. The van der Waals surface area contributed by atoms with Gasteiger partial charge in [-0.05, 0) is 59.4 Å². The molecule has 0 spiro atoms. The number of rotatable bonds is 6. The first kappa shape index (κ1) is 22.0. The van der Waals surface area contributed by atoms with Gasteiger partial charge < -0.3 is 0 Å². The predicted octanol–water partition coefficient (Wildman–Crippen LogP) is 7.23. The summed E-state index contributed by atoms with van der Waals surface area (Å²) in [5, 5.41) is 0. The van der Waals surface area contributed by atoms with Crippen molar-refractivity contribution in [3.63, 3.8) is 0 Å². The third-order valence-corrected chi connectivity index (χ3v) is 8.59. The first-order valence-electron chi connectivity index (χ1n) is 9.84. The Morgan fingerprint density at radius 3 is 1.29 bits per heavy atom. The Morgan fingerprint density at radius 1 is 0.516 bits per heavy atom. The van der Waals surface area contributed by atoms with Crippen LogP contribution in [0, 0.1) is 0 Å². The molecular weight excluding hydrogens is 536 g/mol. The van der Waals surface area contributed by atoms with E-state index in [4.69, 9.17) is 0 Å². The summed E-state index contributed by atoms with van der Waals surface area (Å²) in [6.07, 6.45) is 1.05. The normalized spacial score (nSPS) is 11.4. The molecule has 2 nitrogen and oxygen atoms in total. The van der Waals surface area contributed by atoms with Crippen LogP contribution in [0.1, 0.15) is 22.3 Å². The van der Waals surface area contributed by atoms with Crippen molar-refractivity contribution in [1.82, 2.24) is 0 Å². The zero-order valence-corrected chi connectivity index (χ0v) is 20.6. The molecule has 0 unspecified atom stereocenters. The zero-order chi connectivity index (χ0) is 21.8. The van der Waals surface area contributed by atoms with Crippen LogP contribution in [-0.2, 0) is 22.7 Å². The highest BCUT2D eigenvalue weighted by atomic mass is 79.9. The summed E-state index contributed by atoms with van der Waals surface area (Å²) in [5.74, 6) is 0. The molecule has 156 valence electrons. The molecule has 0 atom stereocenters. The summed E-state index contributed by atoms with van der Waals surface area (Å²) in [6, 6.07) is 30.6. The minimum Gasteiger partial charge on any atom is -0.218 e. The fourth-order valence-corrected chi connectivity index (χ4v) is 6.68. The molecule has 0 amide bonds. The number of benzene rings is 4. The Balaban J connectivity index is 1.84. The molecule has 0 radical (unpaired) electrons. The van der Waals surface area contributed by atoms with Crippen molar-refractivity contribution in [2.24, 2.45) is 0 Å². The highest BCUT2D eigenvalue weighted by Crippen LogP contribution is 2.35. The molecule has 0 aliphatic rings. The lowest BCUT2D eigenvalue weighted by Crippen LogP contribution is -2.10. The summed E-state index contributed by atoms with van der Waals surface area (Å²) in [5.41, 5.74) is 3.65. The van der Waals surface area contributed by atoms with E-state index in [0.29, 0.717) is 22.6 Å². The molecule has 0 aliphatic heterocycles. The van der Waals surface area contributed by atoms with Gasteiger partial charge in [0.05, 0.1) is 9.79 Å². The largest absolute Gasteiger partial charge is 0.218 e. The van der Waals surface area contributed by atoms with Crippen molar-refractivity contribution in [2.75, 3.05) is 0 Å². The first-order chi connectivity index (χ1) is 15.0. The van der Waals surface area contributed by atoms with Crippen LogP contribution in [0.15, 0.2) is 116 Å². The molecule has 0 N–H and O–H groups in total. The maximum absolute atomic E-state index is 13.9. The zero-order valence-electron chi connectivity index (χ0n) is 16.6. The minimum absolute atomic E-state index is 0.332. The maximum Gasteiger partial charge on any atom is 0.207 e. The van der Waals surface area contributed by atoms with Crippen molar-refractivity contribution >= 4 is 41.7 Å². The standard InChI is InChI=1S/C26H20Br2O2S/c27-23-13-7-15-25(21(23)17-19-9-3-1-4-10-19)31(29,30)26-16-8-14-24(28)22(26)18-20-11-5-2-6-12-20/h1-16H,17-18H2. The van der Waals surface area contributed by atoms with Crippen molar-refractivity contribution in [2.45, 2.75) is 22.6 Å². The summed E-state index contributed by atoms with van der Waals surface area (Å²) in [7, 11) is -3.75. The topological polar surface area (TPSA) is 34.1 Å². The summed E-state index contributed by atoms with van der Waals surface area (Å²) in [6.45, 7) is 0. The third kappa shape index (κ3) is 4.84. The Morgan fingerprint density at radius 2 is 0.903 bits per heavy atom. The molecule has 0 fully saturated rings. The van der Waals surface area contributed by atoms with E-state index < -0.39 is 9.84 Å². The molecule has 4 aromatic carbocycles. The lowest BCUT2D eigenvalue weighted by atomic mass is 10.1. The van der Waals surface area contributed by atoms with Gasteiger partial charge in [-0.15, -0.1) is 0 Å². The molecule has 0 aromatic heterocycles. The van der Waals surface area contributed by atoms with E-state index in [0.717, 1.165) is 31.2 Å². The van der Waals surface area contributed by atoms with E-state index in [2.05, 4.69) is 31.9 Å². The quantitative estimate of drug-likeness (QED) is 0.251.